The largest absolute Gasteiger partial charge is 0.378 e. The zero-order valence-electron chi connectivity index (χ0n) is 7.40. The second kappa shape index (κ2) is 4.28. The zero-order valence-corrected chi connectivity index (χ0v) is 8.99. The molecule has 2 aromatic rings. The van der Waals surface area contributed by atoms with E-state index in [1.54, 1.807) is 6.20 Å². The van der Waals surface area contributed by atoms with Crippen LogP contribution in [0, 0.1) is 0 Å². The average molecular weight is 253 g/mol. The van der Waals surface area contributed by atoms with Gasteiger partial charge in [0.25, 0.3) is 0 Å². The van der Waals surface area contributed by atoms with Crippen molar-refractivity contribution < 1.29 is 4.52 Å². The molecule has 0 fully saturated rings. The standard InChI is InChI=1S/C10H9BrN2O/c11-8-2-1-3-9(6-8)12-7-10-4-5-13-14-10/h1-6,12H,7H2. The number of halogens is 1. The summed E-state index contributed by atoms with van der Waals surface area (Å²) in [6, 6.07) is 9.81. The Bertz CT molecular complexity index is 400. The monoisotopic (exact) mass is 252 g/mol. The molecule has 1 aromatic carbocycles. The minimum absolute atomic E-state index is 0.649. The molecule has 72 valence electrons. The molecular formula is C10H9BrN2O. The molecule has 0 saturated heterocycles. The lowest BCUT2D eigenvalue weighted by molar-refractivity contribution is 0.388. The van der Waals surface area contributed by atoms with Crippen LogP contribution in [0.4, 0.5) is 5.69 Å². The average Bonchev–Trinajstić information content (AvgIpc) is 2.67. The number of hydrogen-bond donors (Lipinski definition) is 1. The maximum absolute atomic E-state index is 4.96. The molecule has 0 saturated carbocycles. The van der Waals surface area contributed by atoms with E-state index in [4.69, 9.17) is 4.52 Å². The van der Waals surface area contributed by atoms with Crippen LogP contribution in [0.2, 0.25) is 0 Å². The molecule has 0 bridgehead atoms. The van der Waals surface area contributed by atoms with Gasteiger partial charge in [0.05, 0.1) is 12.7 Å². The van der Waals surface area contributed by atoms with Gasteiger partial charge in [-0.2, -0.15) is 0 Å². The van der Waals surface area contributed by atoms with Crippen LogP contribution in [0.15, 0.2) is 45.5 Å². The summed E-state index contributed by atoms with van der Waals surface area (Å²) in [5.41, 5.74) is 1.05. The van der Waals surface area contributed by atoms with E-state index in [1.165, 1.54) is 0 Å². The fourth-order valence-corrected chi connectivity index (χ4v) is 1.52. The number of nitrogens with one attached hydrogen (secondary N) is 1. The van der Waals surface area contributed by atoms with Crippen molar-refractivity contribution in [3.63, 3.8) is 0 Å². The Morgan fingerprint density at radius 3 is 3.00 bits per heavy atom. The van der Waals surface area contributed by atoms with Gasteiger partial charge >= 0.3 is 0 Å². The van der Waals surface area contributed by atoms with Gasteiger partial charge in [-0.25, -0.2) is 0 Å². The predicted octanol–water partition coefficient (Wildman–Crippen LogP) is 3.05. The lowest BCUT2D eigenvalue weighted by atomic mass is 10.3. The van der Waals surface area contributed by atoms with Crippen molar-refractivity contribution in [3.05, 3.63) is 46.8 Å². The van der Waals surface area contributed by atoms with E-state index >= 15 is 0 Å². The van der Waals surface area contributed by atoms with Crippen molar-refractivity contribution in [1.29, 1.82) is 0 Å². The van der Waals surface area contributed by atoms with Gasteiger partial charge in [-0.15, -0.1) is 0 Å². The molecule has 0 unspecified atom stereocenters. The Labute approximate surface area is 90.2 Å². The van der Waals surface area contributed by atoms with Crippen LogP contribution in [0.25, 0.3) is 0 Å². The Kier molecular flexibility index (Phi) is 2.84. The van der Waals surface area contributed by atoms with Crippen LogP contribution in [-0.4, -0.2) is 5.16 Å². The van der Waals surface area contributed by atoms with Crippen molar-refractivity contribution in [1.82, 2.24) is 5.16 Å². The summed E-state index contributed by atoms with van der Waals surface area (Å²) in [6.07, 6.45) is 1.64. The van der Waals surface area contributed by atoms with Crippen LogP contribution in [0.5, 0.6) is 0 Å². The van der Waals surface area contributed by atoms with Crippen LogP contribution >= 0.6 is 15.9 Å². The van der Waals surface area contributed by atoms with Gasteiger partial charge in [0, 0.05) is 16.2 Å². The first-order chi connectivity index (χ1) is 6.84. The SMILES string of the molecule is Brc1cccc(NCc2ccno2)c1. The first-order valence-corrected chi connectivity index (χ1v) is 5.03. The van der Waals surface area contributed by atoms with E-state index in [0.717, 1.165) is 15.9 Å². The molecule has 0 aliphatic rings. The molecule has 14 heavy (non-hydrogen) atoms. The first kappa shape index (κ1) is 9.27. The number of rotatable bonds is 3. The van der Waals surface area contributed by atoms with Crippen molar-refractivity contribution in [2.75, 3.05) is 5.32 Å². The summed E-state index contributed by atoms with van der Waals surface area (Å²) >= 11 is 3.41. The maximum Gasteiger partial charge on any atom is 0.155 e. The highest BCUT2D eigenvalue weighted by Crippen LogP contribution is 2.16. The minimum atomic E-state index is 0.649. The van der Waals surface area contributed by atoms with Gasteiger partial charge in [0.1, 0.15) is 0 Å². The van der Waals surface area contributed by atoms with Gasteiger partial charge in [-0.1, -0.05) is 27.2 Å². The number of aromatic nitrogens is 1. The Morgan fingerprint density at radius 2 is 2.29 bits per heavy atom. The highest BCUT2D eigenvalue weighted by molar-refractivity contribution is 9.10. The molecule has 2 rings (SSSR count). The molecule has 3 nitrogen and oxygen atoms in total. The van der Waals surface area contributed by atoms with E-state index < -0.39 is 0 Å². The summed E-state index contributed by atoms with van der Waals surface area (Å²) in [7, 11) is 0. The van der Waals surface area contributed by atoms with Gasteiger partial charge < -0.3 is 9.84 Å². The summed E-state index contributed by atoms with van der Waals surface area (Å²) in [5.74, 6) is 0.824. The van der Waals surface area contributed by atoms with Gasteiger partial charge in [-0.05, 0) is 18.2 Å². The topological polar surface area (TPSA) is 38.1 Å². The first-order valence-electron chi connectivity index (χ1n) is 4.23. The van der Waals surface area contributed by atoms with Gasteiger partial charge in [0.15, 0.2) is 5.76 Å². The highest BCUT2D eigenvalue weighted by atomic mass is 79.9. The van der Waals surface area contributed by atoms with E-state index in [0.29, 0.717) is 6.54 Å². The van der Waals surface area contributed by atoms with Gasteiger partial charge in [-0.3, -0.25) is 0 Å². The Balaban J connectivity index is 1.98. The predicted molar refractivity (Wildman–Crippen MR) is 58.0 cm³/mol. The summed E-state index contributed by atoms with van der Waals surface area (Å²) in [5, 5.41) is 6.85. The fraction of sp³-hybridized carbons (Fsp3) is 0.100. The summed E-state index contributed by atoms with van der Waals surface area (Å²) in [6.45, 7) is 0.649. The van der Waals surface area contributed by atoms with Crippen LogP contribution in [0.3, 0.4) is 0 Å². The summed E-state index contributed by atoms with van der Waals surface area (Å²) < 4.78 is 6.02. The molecule has 0 atom stereocenters. The number of anilines is 1. The highest BCUT2D eigenvalue weighted by Gasteiger charge is 1.97. The zero-order chi connectivity index (χ0) is 9.80. The Morgan fingerprint density at radius 1 is 1.36 bits per heavy atom. The van der Waals surface area contributed by atoms with E-state index in [2.05, 4.69) is 26.4 Å². The molecule has 1 heterocycles. The third-order valence-corrected chi connectivity index (χ3v) is 2.28. The van der Waals surface area contributed by atoms with E-state index in [-0.39, 0.29) is 0 Å². The van der Waals surface area contributed by atoms with Crippen molar-refractivity contribution in [2.45, 2.75) is 6.54 Å². The minimum Gasteiger partial charge on any atom is -0.378 e. The third-order valence-electron chi connectivity index (χ3n) is 1.78. The Hall–Kier alpha value is -1.29. The lowest BCUT2D eigenvalue weighted by Crippen LogP contribution is -1.97. The third kappa shape index (κ3) is 2.35. The molecule has 4 heteroatoms. The van der Waals surface area contributed by atoms with Crippen LogP contribution in [-0.2, 0) is 6.54 Å². The van der Waals surface area contributed by atoms with Crippen LogP contribution in [0.1, 0.15) is 5.76 Å². The normalized spacial score (nSPS) is 10.1. The molecule has 1 aromatic heterocycles. The molecule has 0 amide bonds. The second-order valence-corrected chi connectivity index (χ2v) is 3.76. The molecular weight excluding hydrogens is 244 g/mol. The smallest absolute Gasteiger partial charge is 0.155 e. The molecule has 0 aliphatic heterocycles. The molecule has 1 N–H and O–H groups in total. The quantitative estimate of drug-likeness (QED) is 0.913. The van der Waals surface area contributed by atoms with E-state index in [1.807, 2.05) is 30.3 Å². The van der Waals surface area contributed by atoms with Crippen molar-refractivity contribution >= 4 is 21.6 Å². The van der Waals surface area contributed by atoms with Gasteiger partial charge in [0.2, 0.25) is 0 Å². The second-order valence-electron chi connectivity index (χ2n) is 2.84. The van der Waals surface area contributed by atoms with Crippen molar-refractivity contribution in [3.8, 4) is 0 Å². The number of nitrogens with zero attached hydrogens (tertiary/aromatic N) is 1. The maximum atomic E-state index is 4.96. The fourth-order valence-electron chi connectivity index (χ4n) is 1.12. The number of benzene rings is 1. The number of hydrogen-bond acceptors (Lipinski definition) is 3. The van der Waals surface area contributed by atoms with Crippen LogP contribution < -0.4 is 5.32 Å². The molecule has 0 spiro atoms. The lowest BCUT2D eigenvalue weighted by Gasteiger charge is -2.03. The summed E-state index contributed by atoms with van der Waals surface area (Å²) in [4.78, 5) is 0. The van der Waals surface area contributed by atoms with E-state index in [9.17, 15) is 0 Å². The van der Waals surface area contributed by atoms with Crippen molar-refractivity contribution in [2.24, 2.45) is 0 Å². The molecule has 0 aliphatic carbocycles. The molecule has 0 radical (unpaired) electrons.